The minimum Gasteiger partial charge on any atom is -0.383 e. The van der Waals surface area contributed by atoms with Gasteiger partial charge >= 0.3 is 0 Å². The van der Waals surface area contributed by atoms with Gasteiger partial charge < -0.3 is 10.4 Å². The van der Waals surface area contributed by atoms with E-state index in [1.54, 1.807) is 11.3 Å². The van der Waals surface area contributed by atoms with E-state index in [0.717, 1.165) is 26.4 Å². The number of rotatable bonds is 6. The number of hydrogen-bond donors (Lipinski definition) is 2. The van der Waals surface area contributed by atoms with Crippen LogP contribution in [0, 0.1) is 6.92 Å². The third kappa shape index (κ3) is 4.32. The molecule has 3 nitrogen and oxygen atoms in total. The molecule has 0 aliphatic rings. The van der Waals surface area contributed by atoms with Gasteiger partial charge in [-0.3, -0.25) is 4.79 Å². The first-order valence-electron chi connectivity index (χ1n) is 7.73. The summed E-state index contributed by atoms with van der Waals surface area (Å²) in [5.74, 6) is 0.00827. The normalized spacial score (nSPS) is 12.1. The fourth-order valence-electron chi connectivity index (χ4n) is 2.49. The molecule has 1 amide bonds. The molecule has 124 valence electrons. The van der Waals surface area contributed by atoms with Gasteiger partial charge in [-0.05, 0) is 47.0 Å². The van der Waals surface area contributed by atoms with Gasteiger partial charge in [-0.25, -0.2) is 0 Å². The van der Waals surface area contributed by atoms with E-state index in [-0.39, 0.29) is 5.91 Å². The Hall–Kier alpha value is -1.95. The van der Waals surface area contributed by atoms with Gasteiger partial charge in [0, 0.05) is 9.75 Å². The number of carbonyl (C=O) groups excluding carboxylic acids is 1. The second-order valence-corrected chi connectivity index (χ2v) is 7.69. The van der Waals surface area contributed by atoms with Crippen LogP contribution in [0.5, 0.6) is 0 Å². The molecule has 0 radical (unpaired) electrons. The van der Waals surface area contributed by atoms with Gasteiger partial charge in [0.15, 0.2) is 0 Å². The molecular weight excluding hydrogens is 338 g/mol. The number of carbonyl (C=O) groups is 1. The third-order valence-corrected chi connectivity index (χ3v) is 5.56. The smallest absolute Gasteiger partial charge is 0.224 e. The Morgan fingerprint density at radius 2 is 2.12 bits per heavy atom. The Labute approximate surface area is 149 Å². The summed E-state index contributed by atoms with van der Waals surface area (Å²) in [6.45, 7) is 2.51. The summed E-state index contributed by atoms with van der Waals surface area (Å²) in [7, 11) is 0. The first kappa shape index (κ1) is 16.9. The van der Waals surface area contributed by atoms with Crippen LogP contribution in [0.2, 0.25) is 0 Å². The molecule has 1 atom stereocenters. The molecule has 0 aliphatic carbocycles. The van der Waals surface area contributed by atoms with E-state index in [9.17, 15) is 9.90 Å². The molecule has 3 rings (SSSR count). The maximum atomic E-state index is 12.1. The number of aryl methyl sites for hydroxylation is 1. The molecule has 0 spiro atoms. The van der Waals surface area contributed by atoms with Crippen LogP contribution in [0.4, 0.5) is 0 Å². The predicted octanol–water partition coefficient (Wildman–Crippen LogP) is 4.06. The van der Waals surface area contributed by atoms with Crippen molar-refractivity contribution in [3.8, 4) is 0 Å². The van der Waals surface area contributed by atoms with E-state index in [2.05, 4.69) is 5.32 Å². The zero-order valence-corrected chi connectivity index (χ0v) is 15.0. The fourth-order valence-corrected chi connectivity index (χ4v) is 4.13. The van der Waals surface area contributed by atoms with Crippen LogP contribution >= 0.6 is 22.7 Å². The van der Waals surface area contributed by atoms with Crippen molar-refractivity contribution in [2.75, 3.05) is 0 Å². The first-order valence-corrected chi connectivity index (χ1v) is 9.49. The summed E-state index contributed by atoms with van der Waals surface area (Å²) >= 11 is 3.10. The zero-order chi connectivity index (χ0) is 16.9. The van der Waals surface area contributed by atoms with Crippen molar-refractivity contribution in [1.82, 2.24) is 5.32 Å². The summed E-state index contributed by atoms with van der Waals surface area (Å²) < 4.78 is 0. The maximum Gasteiger partial charge on any atom is 0.224 e. The monoisotopic (exact) mass is 357 g/mol. The van der Waals surface area contributed by atoms with Crippen molar-refractivity contribution in [2.45, 2.75) is 26.0 Å². The molecule has 2 aromatic heterocycles. The van der Waals surface area contributed by atoms with Crippen molar-refractivity contribution in [2.24, 2.45) is 0 Å². The third-order valence-electron chi connectivity index (χ3n) is 3.72. The minimum absolute atomic E-state index is 0.00827. The molecule has 0 saturated heterocycles. The SMILES string of the molecule is Cc1cccc(CC(=O)NCc2ccc(C(O)c3ccsc3)s2)c1. The van der Waals surface area contributed by atoms with Gasteiger partial charge in [-0.1, -0.05) is 29.8 Å². The topological polar surface area (TPSA) is 49.3 Å². The molecule has 0 aliphatic heterocycles. The van der Waals surface area contributed by atoms with Gasteiger partial charge in [-0.15, -0.1) is 11.3 Å². The number of amides is 1. The number of aliphatic hydroxyl groups excluding tert-OH is 1. The molecule has 2 N–H and O–H groups in total. The van der Waals surface area contributed by atoms with Gasteiger partial charge in [0.25, 0.3) is 0 Å². The molecule has 24 heavy (non-hydrogen) atoms. The number of nitrogens with one attached hydrogen (secondary N) is 1. The summed E-state index contributed by atoms with van der Waals surface area (Å²) in [6, 6.07) is 13.8. The zero-order valence-electron chi connectivity index (χ0n) is 13.4. The molecule has 0 bridgehead atoms. The van der Waals surface area contributed by atoms with Crippen LogP contribution < -0.4 is 5.32 Å². The molecule has 0 saturated carbocycles. The highest BCUT2D eigenvalue weighted by molar-refractivity contribution is 7.12. The molecule has 1 aromatic carbocycles. The van der Waals surface area contributed by atoms with Crippen LogP contribution in [0.1, 0.15) is 32.5 Å². The number of benzene rings is 1. The average molecular weight is 358 g/mol. The van der Waals surface area contributed by atoms with E-state index in [1.165, 1.54) is 11.3 Å². The van der Waals surface area contributed by atoms with Crippen molar-refractivity contribution in [1.29, 1.82) is 0 Å². The molecular formula is C19H19NO2S2. The molecule has 3 aromatic rings. The average Bonchev–Trinajstić information content (AvgIpc) is 3.24. The highest BCUT2D eigenvalue weighted by Crippen LogP contribution is 2.29. The molecule has 1 unspecified atom stereocenters. The number of hydrogen-bond acceptors (Lipinski definition) is 4. The van der Waals surface area contributed by atoms with Crippen LogP contribution in [-0.2, 0) is 17.8 Å². The maximum absolute atomic E-state index is 12.1. The first-order chi connectivity index (χ1) is 11.6. The van der Waals surface area contributed by atoms with Crippen LogP contribution in [0.3, 0.4) is 0 Å². The quantitative estimate of drug-likeness (QED) is 0.699. The Bertz CT molecular complexity index is 808. The molecule has 0 fully saturated rings. The Kier molecular flexibility index (Phi) is 5.45. The highest BCUT2D eigenvalue weighted by Gasteiger charge is 2.13. The predicted molar refractivity (Wildman–Crippen MR) is 99.4 cm³/mol. The van der Waals surface area contributed by atoms with E-state index >= 15 is 0 Å². The number of aliphatic hydroxyl groups is 1. The Morgan fingerprint density at radius 1 is 1.25 bits per heavy atom. The lowest BCUT2D eigenvalue weighted by Crippen LogP contribution is -2.24. The van der Waals surface area contributed by atoms with E-state index in [1.807, 2.05) is 60.1 Å². The van der Waals surface area contributed by atoms with Crippen molar-refractivity contribution in [3.05, 3.63) is 79.7 Å². The summed E-state index contributed by atoms with van der Waals surface area (Å²) in [5, 5.41) is 17.2. The lowest BCUT2D eigenvalue weighted by Gasteiger charge is -2.06. The van der Waals surface area contributed by atoms with Crippen LogP contribution in [0.25, 0.3) is 0 Å². The fraction of sp³-hybridized carbons (Fsp3) is 0.211. The molecule has 5 heteroatoms. The summed E-state index contributed by atoms with van der Waals surface area (Å²) in [4.78, 5) is 14.0. The summed E-state index contributed by atoms with van der Waals surface area (Å²) in [6.07, 6.45) is -0.199. The van der Waals surface area contributed by atoms with Gasteiger partial charge in [0.05, 0.1) is 13.0 Å². The van der Waals surface area contributed by atoms with E-state index in [0.29, 0.717) is 13.0 Å². The Balaban J connectivity index is 1.54. The largest absolute Gasteiger partial charge is 0.383 e. The van der Waals surface area contributed by atoms with Gasteiger partial charge in [0.2, 0.25) is 5.91 Å². The lowest BCUT2D eigenvalue weighted by molar-refractivity contribution is -0.120. The standard InChI is InChI=1S/C19H19NO2S2/c1-13-3-2-4-14(9-13)10-18(21)20-11-16-5-6-17(24-16)19(22)15-7-8-23-12-15/h2-9,12,19,22H,10-11H2,1H3,(H,20,21). The number of thiophene rings is 2. The highest BCUT2D eigenvalue weighted by atomic mass is 32.1. The van der Waals surface area contributed by atoms with Crippen molar-refractivity contribution < 1.29 is 9.90 Å². The Morgan fingerprint density at radius 3 is 2.88 bits per heavy atom. The van der Waals surface area contributed by atoms with Crippen LogP contribution in [-0.4, -0.2) is 11.0 Å². The van der Waals surface area contributed by atoms with E-state index < -0.39 is 6.10 Å². The van der Waals surface area contributed by atoms with Crippen molar-refractivity contribution in [3.63, 3.8) is 0 Å². The molecule has 2 heterocycles. The second-order valence-electron chi connectivity index (χ2n) is 5.71. The van der Waals surface area contributed by atoms with Crippen molar-refractivity contribution >= 4 is 28.6 Å². The lowest BCUT2D eigenvalue weighted by atomic mass is 10.1. The van der Waals surface area contributed by atoms with Gasteiger partial charge in [-0.2, -0.15) is 11.3 Å². The minimum atomic E-state index is -0.585. The van der Waals surface area contributed by atoms with E-state index in [4.69, 9.17) is 0 Å². The summed E-state index contributed by atoms with van der Waals surface area (Å²) in [5.41, 5.74) is 3.09. The van der Waals surface area contributed by atoms with Crippen LogP contribution in [0.15, 0.2) is 53.2 Å². The second kappa shape index (κ2) is 7.75. The van der Waals surface area contributed by atoms with Gasteiger partial charge in [0.1, 0.15) is 6.10 Å².